The number of hydrogen-bond donors (Lipinski definition) is 1. The molecule has 1 amide bonds. The molecule has 2 aromatic rings. The van der Waals surface area contributed by atoms with Gasteiger partial charge in [-0.15, -0.1) is 0 Å². The number of esters is 1. The third-order valence-corrected chi connectivity index (χ3v) is 8.32. The summed E-state index contributed by atoms with van der Waals surface area (Å²) in [6, 6.07) is 12.0. The molecule has 1 atom stereocenters. The standard InChI is InChI=1S/C27H34N4O3.CH2O2/c32-25(30-23-10-15-28-29-18-23)20-31-16-11-21(12-17-31)24(19-31)34-26(33)27(13-6-1-2-7-14-27)22-8-4-3-5-9-22;2-1-3/h3-5,8-10,15,18,21,24H,1-2,6-7,11-14,16-17,19-20H2;1H,(H,2,3). The van der Waals surface area contributed by atoms with E-state index in [0.717, 1.165) is 63.7 Å². The molecule has 0 radical (unpaired) electrons. The van der Waals surface area contributed by atoms with E-state index in [9.17, 15) is 9.59 Å². The first-order valence-corrected chi connectivity index (χ1v) is 13.2. The average molecular weight is 509 g/mol. The Balaban J connectivity index is 0.00000102. The SMILES string of the molecule is O=C(C[N+]12CCC(CC1)C(OC(=O)C1(c3ccccc3)CCCCCC1)C2)Nc1ccnnc1.O=C[O-]. The number of aromatic nitrogens is 2. The molecule has 3 saturated heterocycles. The first-order valence-electron chi connectivity index (χ1n) is 13.2. The summed E-state index contributed by atoms with van der Waals surface area (Å²) in [5, 5.41) is 18.8. The van der Waals surface area contributed by atoms with E-state index in [2.05, 4.69) is 27.6 Å². The summed E-state index contributed by atoms with van der Waals surface area (Å²) in [4.78, 5) is 34.9. The van der Waals surface area contributed by atoms with Crippen molar-refractivity contribution in [3.63, 3.8) is 0 Å². The second-order valence-electron chi connectivity index (χ2n) is 10.5. The van der Waals surface area contributed by atoms with Gasteiger partial charge in [0.15, 0.2) is 12.6 Å². The van der Waals surface area contributed by atoms with Gasteiger partial charge in [0.05, 0.1) is 36.6 Å². The number of benzene rings is 1. The molecule has 4 heterocycles. The lowest BCUT2D eigenvalue weighted by Crippen LogP contribution is -2.66. The van der Waals surface area contributed by atoms with Gasteiger partial charge in [-0.05, 0) is 24.5 Å². The van der Waals surface area contributed by atoms with Crippen LogP contribution in [0.5, 0.6) is 0 Å². The van der Waals surface area contributed by atoms with Crippen molar-refractivity contribution in [2.75, 3.05) is 31.5 Å². The number of hydrogen-bond acceptors (Lipinski definition) is 7. The number of quaternary nitrogens is 1. The van der Waals surface area contributed by atoms with Crippen molar-refractivity contribution in [2.24, 2.45) is 5.92 Å². The van der Waals surface area contributed by atoms with E-state index in [1.54, 1.807) is 18.5 Å². The van der Waals surface area contributed by atoms with Gasteiger partial charge in [-0.3, -0.25) is 9.59 Å². The van der Waals surface area contributed by atoms with Gasteiger partial charge >= 0.3 is 5.97 Å². The summed E-state index contributed by atoms with van der Waals surface area (Å²) in [5.74, 6) is 0.322. The maximum absolute atomic E-state index is 13.9. The number of nitrogens with zero attached hydrogens (tertiary/aromatic N) is 3. The number of carbonyl (C=O) groups is 3. The number of fused-ring (bicyclic) bond motifs is 3. The number of carbonyl (C=O) groups excluding carboxylic acids is 3. The Kier molecular flexibility index (Phi) is 8.87. The van der Waals surface area contributed by atoms with E-state index < -0.39 is 11.9 Å². The monoisotopic (exact) mass is 508 g/mol. The highest BCUT2D eigenvalue weighted by Gasteiger charge is 2.51. The molecule has 1 aliphatic carbocycles. The molecule has 1 saturated carbocycles. The van der Waals surface area contributed by atoms with Crippen molar-refractivity contribution in [2.45, 2.75) is 62.9 Å². The van der Waals surface area contributed by atoms with Crippen LogP contribution in [0.3, 0.4) is 0 Å². The van der Waals surface area contributed by atoms with Gasteiger partial charge in [0.25, 0.3) is 5.91 Å². The van der Waals surface area contributed by atoms with Gasteiger partial charge in [0.1, 0.15) is 6.54 Å². The molecule has 198 valence electrons. The van der Waals surface area contributed by atoms with Crippen LogP contribution in [0, 0.1) is 5.92 Å². The Labute approximate surface area is 217 Å². The Morgan fingerprint density at radius 3 is 2.35 bits per heavy atom. The second kappa shape index (κ2) is 12.3. The van der Waals surface area contributed by atoms with E-state index in [0.29, 0.717) is 22.6 Å². The number of ether oxygens (including phenoxy) is 1. The minimum atomic E-state index is -0.541. The molecule has 1 unspecified atom stereocenters. The fraction of sp³-hybridized carbons (Fsp3) is 0.536. The van der Waals surface area contributed by atoms with Crippen molar-refractivity contribution in [3.8, 4) is 0 Å². The van der Waals surface area contributed by atoms with Crippen LogP contribution < -0.4 is 10.4 Å². The Bertz CT molecular complexity index is 1030. The van der Waals surface area contributed by atoms with E-state index >= 15 is 0 Å². The number of carboxylic acid groups (broad SMARTS) is 1. The lowest BCUT2D eigenvalue weighted by molar-refractivity contribution is -0.939. The zero-order valence-electron chi connectivity index (χ0n) is 21.2. The van der Waals surface area contributed by atoms with Crippen molar-refractivity contribution in [1.29, 1.82) is 0 Å². The molecular formula is C28H36N4O5. The molecule has 1 aromatic carbocycles. The fourth-order valence-electron chi connectivity index (χ4n) is 6.40. The summed E-state index contributed by atoms with van der Waals surface area (Å²) >= 11 is 0. The van der Waals surface area contributed by atoms with Crippen LogP contribution in [0.25, 0.3) is 0 Å². The van der Waals surface area contributed by atoms with E-state index in [-0.39, 0.29) is 18.0 Å². The number of piperidine rings is 3. The molecule has 1 N–H and O–H groups in total. The molecule has 37 heavy (non-hydrogen) atoms. The second-order valence-corrected chi connectivity index (χ2v) is 10.5. The van der Waals surface area contributed by atoms with Crippen molar-refractivity contribution in [3.05, 3.63) is 54.4 Å². The highest BCUT2D eigenvalue weighted by molar-refractivity contribution is 5.91. The summed E-state index contributed by atoms with van der Waals surface area (Å²) in [6.07, 6.45) is 11.2. The van der Waals surface area contributed by atoms with Gasteiger partial charge in [-0.25, -0.2) is 0 Å². The lowest BCUT2D eigenvalue weighted by Gasteiger charge is -2.52. The topological polar surface area (TPSA) is 121 Å². The molecule has 1 aromatic heterocycles. The van der Waals surface area contributed by atoms with Crippen LogP contribution in [0.4, 0.5) is 5.69 Å². The predicted octanol–water partition coefficient (Wildman–Crippen LogP) is 2.23. The van der Waals surface area contributed by atoms with Gasteiger partial charge in [0.2, 0.25) is 0 Å². The van der Waals surface area contributed by atoms with Crippen LogP contribution >= 0.6 is 0 Å². The highest BCUT2D eigenvalue weighted by Crippen LogP contribution is 2.42. The largest absolute Gasteiger partial charge is 0.554 e. The number of nitrogens with one attached hydrogen (secondary N) is 1. The van der Waals surface area contributed by atoms with Crippen molar-refractivity contribution >= 4 is 24.0 Å². The van der Waals surface area contributed by atoms with Crippen molar-refractivity contribution in [1.82, 2.24) is 10.2 Å². The van der Waals surface area contributed by atoms with Crippen molar-refractivity contribution < 1.29 is 28.7 Å². The Morgan fingerprint density at radius 1 is 1.05 bits per heavy atom. The normalized spacial score (nSPS) is 26.1. The van der Waals surface area contributed by atoms with Gasteiger partial charge in [-0.2, -0.15) is 10.2 Å². The van der Waals surface area contributed by atoms with E-state index in [1.165, 1.54) is 12.8 Å². The Hall–Kier alpha value is -3.33. The maximum atomic E-state index is 13.9. The molecular weight excluding hydrogens is 472 g/mol. The zero-order chi connectivity index (χ0) is 26.1. The smallest absolute Gasteiger partial charge is 0.317 e. The predicted molar refractivity (Wildman–Crippen MR) is 135 cm³/mol. The van der Waals surface area contributed by atoms with Gasteiger partial charge < -0.3 is 24.4 Å². The highest BCUT2D eigenvalue weighted by atomic mass is 16.5. The van der Waals surface area contributed by atoms with Gasteiger partial charge in [-0.1, -0.05) is 56.0 Å². The third-order valence-electron chi connectivity index (χ3n) is 8.32. The molecule has 3 aliphatic heterocycles. The summed E-state index contributed by atoms with van der Waals surface area (Å²) < 4.78 is 7.09. The molecule has 2 bridgehead atoms. The molecule has 6 rings (SSSR count). The molecule has 9 nitrogen and oxygen atoms in total. The van der Waals surface area contributed by atoms with Crippen LogP contribution in [-0.4, -0.2) is 65.3 Å². The minimum absolute atomic E-state index is 0.0250. The molecule has 9 heteroatoms. The van der Waals surface area contributed by atoms with E-state index in [1.807, 2.05) is 18.2 Å². The quantitative estimate of drug-likeness (QED) is 0.275. The molecule has 0 spiro atoms. The number of amides is 1. The number of rotatable bonds is 6. The first-order chi connectivity index (χ1) is 18.0. The fourth-order valence-corrected chi connectivity index (χ4v) is 6.40. The average Bonchev–Trinajstić information content (AvgIpc) is 3.18. The number of anilines is 1. The van der Waals surface area contributed by atoms with Crippen LogP contribution in [0.1, 0.15) is 56.9 Å². The summed E-state index contributed by atoms with van der Waals surface area (Å²) in [5.41, 5.74) is 1.21. The summed E-state index contributed by atoms with van der Waals surface area (Å²) in [7, 11) is 0. The molecule has 4 fully saturated rings. The van der Waals surface area contributed by atoms with Crippen LogP contribution in [-0.2, 0) is 24.5 Å². The van der Waals surface area contributed by atoms with Crippen LogP contribution in [0.15, 0.2) is 48.8 Å². The van der Waals surface area contributed by atoms with Crippen LogP contribution in [0.2, 0.25) is 0 Å². The zero-order valence-corrected chi connectivity index (χ0v) is 21.2. The third kappa shape index (κ3) is 6.33. The summed E-state index contributed by atoms with van der Waals surface area (Å²) in [6.45, 7) is 2.55. The lowest BCUT2D eigenvalue weighted by atomic mass is 9.74. The van der Waals surface area contributed by atoms with E-state index in [4.69, 9.17) is 14.6 Å². The minimum Gasteiger partial charge on any atom is -0.554 e. The first kappa shape index (κ1) is 26.7. The Morgan fingerprint density at radius 2 is 1.73 bits per heavy atom. The maximum Gasteiger partial charge on any atom is 0.317 e. The molecule has 4 aliphatic rings. The van der Waals surface area contributed by atoms with Gasteiger partial charge in [0, 0.05) is 25.2 Å².